The summed E-state index contributed by atoms with van der Waals surface area (Å²) in [7, 11) is 0. The predicted octanol–water partition coefficient (Wildman–Crippen LogP) is 7.27. The Morgan fingerprint density at radius 2 is 1.58 bits per heavy atom. The van der Waals surface area contributed by atoms with Crippen LogP contribution in [0, 0.1) is 0 Å². The molecule has 0 nitrogen and oxygen atoms in total. The number of rotatable bonds is 3. The van der Waals surface area contributed by atoms with Gasteiger partial charge in [0.15, 0.2) is 0 Å². The molecular weight excluding hydrogens is 460 g/mol. The van der Waals surface area contributed by atoms with Gasteiger partial charge in [-0.25, -0.2) is 0 Å². The quantitative estimate of drug-likeness (QED) is 0.376. The topological polar surface area (TPSA) is 0 Å². The molecule has 2 aliphatic carbocycles. The fraction of sp³-hybridized carbons (Fsp3) is 0.241. The molecular formula is C29H25BrS. The zero-order chi connectivity index (χ0) is 21.3. The summed E-state index contributed by atoms with van der Waals surface area (Å²) >= 11 is 5.98. The minimum atomic E-state index is 0.486. The minimum Gasteiger partial charge on any atom is -0.118 e. The van der Waals surface area contributed by atoms with Gasteiger partial charge < -0.3 is 0 Å². The zero-order valence-electron chi connectivity index (χ0n) is 18.1. The third-order valence-corrected chi connectivity index (χ3v) is 9.49. The summed E-state index contributed by atoms with van der Waals surface area (Å²) in [5.41, 5.74) is 11.7. The number of thioether (sulfide) groups is 1. The van der Waals surface area contributed by atoms with E-state index in [2.05, 4.69) is 97.4 Å². The maximum Gasteiger partial charge on any atom is 0.0337 e. The van der Waals surface area contributed by atoms with Crippen LogP contribution in [0.2, 0.25) is 0 Å². The molecule has 31 heavy (non-hydrogen) atoms. The van der Waals surface area contributed by atoms with Crippen LogP contribution in [-0.4, -0.2) is 5.25 Å². The Hall–Kier alpha value is -2.03. The van der Waals surface area contributed by atoms with Gasteiger partial charge in [0.1, 0.15) is 0 Å². The molecule has 0 amide bonds. The van der Waals surface area contributed by atoms with E-state index in [1.165, 1.54) is 64.3 Å². The van der Waals surface area contributed by atoms with E-state index in [1.54, 1.807) is 0 Å². The van der Waals surface area contributed by atoms with Gasteiger partial charge in [-0.15, -0.1) is 11.8 Å². The van der Waals surface area contributed by atoms with Crippen molar-refractivity contribution in [1.82, 2.24) is 0 Å². The summed E-state index contributed by atoms with van der Waals surface area (Å²) < 4.78 is 1.29. The molecule has 2 heteroatoms. The lowest BCUT2D eigenvalue weighted by molar-refractivity contribution is 0.750. The van der Waals surface area contributed by atoms with Gasteiger partial charge in [-0.2, -0.15) is 0 Å². The highest BCUT2D eigenvalue weighted by atomic mass is 79.9. The number of allylic oxidation sites excluding steroid dienone is 1. The molecule has 6 rings (SSSR count). The largest absolute Gasteiger partial charge is 0.118 e. The van der Waals surface area contributed by atoms with Gasteiger partial charge in [-0.3, -0.25) is 0 Å². The summed E-state index contributed by atoms with van der Waals surface area (Å²) in [5, 5.41) is 3.44. The van der Waals surface area contributed by atoms with Crippen molar-refractivity contribution in [3.05, 3.63) is 91.8 Å². The van der Waals surface area contributed by atoms with Crippen LogP contribution < -0.4 is 10.4 Å². The Labute approximate surface area is 196 Å². The second kappa shape index (κ2) is 7.25. The number of benzene rings is 3. The lowest BCUT2D eigenvalue weighted by atomic mass is 9.89. The molecule has 0 saturated heterocycles. The number of hydrogen-bond acceptors (Lipinski definition) is 1. The highest BCUT2D eigenvalue weighted by molar-refractivity contribution is 9.10. The SMILES string of the molecule is CC1=Cc2c(Br)c3c(cc2=C1CCC1c2ccccc2-c2ccccc21)SC(C)C=3C. The van der Waals surface area contributed by atoms with Gasteiger partial charge >= 0.3 is 0 Å². The van der Waals surface area contributed by atoms with E-state index in [0.29, 0.717) is 11.2 Å². The predicted molar refractivity (Wildman–Crippen MR) is 138 cm³/mol. The summed E-state index contributed by atoms with van der Waals surface area (Å²) in [6.07, 6.45) is 4.65. The first-order chi connectivity index (χ1) is 15.0. The first-order valence-corrected chi connectivity index (χ1v) is 12.8. The third-order valence-electron chi connectivity index (χ3n) is 7.38. The lowest BCUT2D eigenvalue weighted by Crippen LogP contribution is -2.18. The summed E-state index contributed by atoms with van der Waals surface area (Å²) in [6.45, 7) is 6.89. The van der Waals surface area contributed by atoms with E-state index in [1.807, 2.05) is 11.8 Å². The molecule has 1 atom stereocenters. The Morgan fingerprint density at radius 1 is 0.935 bits per heavy atom. The lowest BCUT2D eigenvalue weighted by Gasteiger charge is -2.15. The van der Waals surface area contributed by atoms with Crippen molar-refractivity contribution in [2.75, 3.05) is 0 Å². The van der Waals surface area contributed by atoms with Crippen molar-refractivity contribution >= 4 is 44.9 Å². The van der Waals surface area contributed by atoms with Crippen molar-refractivity contribution in [2.24, 2.45) is 0 Å². The van der Waals surface area contributed by atoms with Crippen LogP contribution in [0.25, 0.3) is 28.3 Å². The Kier molecular flexibility index (Phi) is 4.59. The molecule has 0 aromatic heterocycles. The summed E-state index contributed by atoms with van der Waals surface area (Å²) in [4.78, 5) is 1.44. The normalized spacial score (nSPS) is 18.7. The molecule has 1 aliphatic heterocycles. The van der Waals surface area contributed by atoms with Crippen molar-refractivity contribution in [3.63, 3.8) is 0 Å². The van der Waals surface area contributed by atoms with Gasteiger partial charge in [0.05, 0.1) is 0 Å². The second-order valence-corrected chi connectivity index (χ2v) is 11.2. The van der Waals surface area contributed by atoms with Crippen molar-refractivity contribution < 1.29 is 0 Å². The maximum absolute atomic E-state index is 3.97. The Bertz CT molecular complexity index is 1360. The van der Waals surface area contributed by atoms with Crippen molar-refractivity contribution in [3.8, 4) is 11.1 Å². The molecule has 0 saturated carbocycles. The van der Waals surface area contributed by atoms with Crippen LogP contribution in [0.5, 0.6) is 0 Å². The molecule has 0 fully saturated rings. The van der Waals surface area contributed by atoms with Crippen molar-refractivity contribution in [2.45, 2.75) is 49.7 Å². The number of halogens is 1. The molecule has 3 aromatic rings. The van der Waals surface area contributed by atoms with E-state index >= 15 is 0 Å². The van der Waals surface area contributed by atoms with Gasteiger partial charge in [0.25, 0.3) is 0 Å². The van der Waals surface area contributed by atoms with Gasteiger partial charge in [-0.05, 0) is 106 Å². The van der Waals surface area contributed by atoms with Crippen LogP contribution in [-0.2, 0) is 0 Å². The summed E-state index contributed by atoms with van der Waals surface area (Å²) in [6, 6.07) is 20.4. The number of hydrogen-bond donors (Lipinski definition) is 0. The molecule has 3 aliphatic rings. The van der Waals surface area contributed by atoms with Crippen LogP contribution in [0.15, 0.2) is 69.5 Å². The van der Waals surface area contributed by atoms with Crippen LogP contribution in [0.4, 0.5) is 0 Å². The molecule has 3 aromatic carbocycles. The molecule has 0 spiro atoms. The van der Waals surface area contributed by atoms with Crippen LogP contribution in [0.3, 0.4) is 0 Å². The van der Waals surface area contributed by atoms with E-state index in [9.17, 15) is 0 Å². The Morgan fingerprint density at radius 3 is 2.26 bits per heavy atom. The first-order valence-electron chi connectivity index (χ1n) is 11.1. The zero-order valence-corrected chi connectivity index (χ0v) is 20.5. The van der Waals surface area contributed by atoms with Gasteiger partial charge in [0.2, 0.25) is 0 Å². The van der Waals surface area contributed by atoms with E-state index in [4.69, 9.17) is 0 Å². The number of fused-ring (bicyclic) bond motifs is 5. The monoisotopic (exact) mass is 484 g/mol. The highest BCUT2D eigenvalue weighted by Gasteiger charge is 2.29. The fourth-order valence-corrected chi connectivity index (χ4v) is 7.91. The molecule has 0 radical (unpaired) electrons. The Balaban J connectivity index is 1.42. The second-order valence-electron chi connectivity index (χ2n) is 9.04. The smallest absolute Gasteiger partial charge is 0.0337 e. The average molecular weight is 485 g/mol. The van der Waals surface area contributed by atoms with Crippen LogP contribution in [0.1, 0.15) is 56.2 Å². The molecule has 1 unspecified atom stereocenters. The van der Waals surface area contributed by atoms with E-state index in [0.717, 1.165) is 12.8 Å². The maximum atomic E-state index is 3.97. The molecule has 0 bridgehead atoms. The van der Waals surface area contributed by atoms with E-state index in [-0.39, 0.29) is 0 Å². The minimum absolute atomic E-state index is 0.486. The molecule has 1 heterocycles. The van der Waals surface area contributed by atoms with E-state index < -0.39 is 0 Å². The molecule has 0 N–H and O–H groups in total. The molecule has 154 valence electrons. The van der Waals surface area contributed by atoms with Gasteiger partial charge in [-0.1, -0.05) is 54.1 Å². The highest BCUT2D eigenvalue weighted by Crippen LogP contribution is 2.47. The average Bonchev–Trinajstić information content (AvgIpc) is 3.37. The van der Waals surface area contributed by atoms with Gasteiger partial charge in [0, 0.05) is 25.8 Å². The fourth-order valence-electron chi connectivity index (χ4n) is 5.68. The standard InChI is InChI=1S/C29H25BrS/c1-16-14-26-25(15-27-28(29(26)30)17(2)18(3)31-27)19(16)12-13-24-22-10-6-4-8-20(22)21-9-5-7-11-23(21)24/h4-11,14-15,18,24H,12-13H2,1-3H3. The third kappa shape index (κ3) is 2.88. The van der Waals surface area contributed by atoms with Crippen molar-refractivity contribution in [1.29, 1.82) is 0 Å². The van der Waals surface area contributed by atoms with Crippen LogP contribution >= 0.6 is 27.7 Å². The first kappa shape index (κ1) is 19.6. The summed E-state index contributed by atoms with van der Waals surface area (Å²) in [5.74, 6) is 0.486.